The molecule has 0 unspecified atom stereocenters. The zero-order chi connectivity index (χ0) is 31.1. The van der Waals surface area contributed by atoms with Gasteiger partial charge in [0.15, 0.2) is 0 Å². The molecule has 0 N–H and O–H groups in total. The summed E-state index contributed by atoms with van der Waals surface area (Å²) in [6.45, 7) is 0. The summed E-state index contributed by atoms with van der Waals surface area (Å²) < 4.78 is 2.53. The molecule has 1 heterocycles. The Morgan fingerprint density at radius 3 is 1.52 bits per heavy atom. The van der Waals surface area contributed by atoms with Crippen molar-refractivity contribution in [3.05, 3.63) is 186 Å². The number of fused-ring (bicyclic) bond motifs is 16. The SMILES string of the molecule is c1ccc2c(c1)-c1cccc3c(-n4c5ccccc5c5cc6c(cc54)-c4ccccc4C64c5ccccc5-c5ccccc54)ccc-2c13. The molecule has 8 aromatic carbocycles. The van der Waals surface area contributed by atoms with Crippen LogP contribution in [0.2, 0.25) is 0 Å². The van der Waals surface area contributed by atoms with Gasteiger partial charge in [0, 0.05) is 16.2 Å². The maximum Gasteiger partial charge on any atom is 0.0725 e. The third-order valence-corrected chi connectivity index (χ3v) is 11.6. The van der Waals surface area contributed by atoms with Crippen molar-refractivity contribution in [1.29, 1.82) is 0 Å². The second kappa shape index (κ2) is 8.59. The van der Waals surface area contributed by atoms with Crippen molar-refractivity contribution >= 4 is 32.6 Å². The van der Waals surface area contributed by atoms with Crippen molar-refractivity contribution < 1.29 is 0 Å². The van der Waals surface area contributed by atoms with E-state index in [9.17, 15) is 0 Å². The van der Waals surface area contributed by atoms with Crippen LogP contribution >= 0.6 is 0 Å². The Bertz CT molecular complexity index is 2830. The largest absolute Gasteiger partial charge is 0.309 e. The lowest BCUT2D eigenvalue weighted by molar-refractivity contribution is 0.795. The molecular formula is C47H27N. The van der Waals surface area contributed by atoms with Crippen molar-refractivity contribution in [2.75, 3.05) is 0 Å². The molecule has 220 valence electrons. The molecule has 0 saturated heterocycles. The summed E-state index contributed by atoms with van der Waals surface area (Å²) in [5.74, 6) is 0. The first-order valence-corrected chi connectivity index (χ1v) is 16.9. The van der Waals surface area contributed by atoms with Crippen molar-refractivity contribution in [3.63, 3.8) is 0 Å². The van der Waals surface area contributed by atoms with E-state index in [0.29, 0.717) is 0 Å². The molecule has 1 aromatic heterocycles. The molecule has 0 fully saturated rings. The smallest absolute Gasteiger partial charge is 0.0725 e. The van der Waals surface area contributed by atoms with Gasteiger partial charge in [0.25, 0.3) is 0 Å². The highest BCUT2D eigenvalue weighted by Crippen LogP contribution is 2.63. The second-order valence-electron chi connectivity index (χ2n) is 13.6. The van der Waals surface area contributed by atoms with Crippen LogP contribution in [0.4, 0.5) is 0 Å². The van der Waals surface area contributed by atoms with Crippen LogP contribution in [0, 0.1) is 0 Å². The molecule has 0 radical (unpaired) electrons. The number of hydrogen-bond acceptors (Lipinski definition) is 0. The zero-order valence-corrected chi connectivity index (χ0v) is 26.0. The summed E-state index contributed by atoms with van der Waals surface area (Å²) in [7, 11) is 0. The lowest BCUT2D eigenvalue weighted by atomic mass is 9.70. The minimum atomic E-state index is -0.357. The van der Waals surface area contributed by atoms with Crippen LogP contribution in [0.3, 0.4) is 0 Å². The van der Waals surface area contributed by atoms with Gasteiger partial charge in [-0.3, -0.25) is 0 Å². The highest BCUT2D eigenvalue weighted by molar-refractivity contribution is 6.19. The lowest BCUT2D eigenvalue weighted by Crippen LogP contribution is -2.25. The molecule has 3 aliphatic carbocycles. The second-order valence-corrected chi connectivity index (χ2v) is 13.6. The number of hydrogen-bond donors (Lipinski definition) is 0. The van der Waals surface area contributed by atoms with Gasteiger partial charge in [0.2, 0.25) is 0 Å². The van der Waals surface area contributed by atoms with E-state index in [4.69, 9.17) is 0 Å². The third kappa shape index (κ3) is 2.75. The van der Waals surface area contributed by atoms with Crippen molar-refractivity contribution in [2.45, 2.75) is 5.41 Å². The molecule has 0 saturated carbocycles. The molecule has 1 spiro atoms. The molecule has 12 rings (SSSR count). The van der Waals surface area contributed by atoms with Gasteiger partial charge in [0.05, 0.1) is 22.1 Å². The van der Waals surface area contributed by atoms with Gasteiger partial charge in [-0.1, -0.05) is 140 Å². The molecule has 0 aliphatic heterocycles. The van der Waals surface area contributed by atoms with Crippen LogP contribution in [-0.4, -0.2) is 4.57 Å². The highest BCUT2D eigenvalue weighted by Gasteiger charge is 2.51. The summed E-state index contributed by atoms with van der Waals surface area (Å²) in [5.41, 5.74) is 19.5. The quantitative estimate of drug-likeness (QED) is 0.175. The summed E-state index contributed by atoms with van der Waals surface area (Å²) in [5, 5.41) is 5.23. The van der Waals surface area contributed by atoms with Crippen LogP contribution < -0.4 is 0 Å². The van der Waals surface area contributed by atoms with Crippen LogP contribution in [-0.2, 0) is 5.41 Å². The Morgan fingerprint density at radius 1 is 0.312 bits per heavy atom. The molecule has 0 amide bonds. The van der Waals surface area contributed by atoms with Crippen LogP contribution in [0.25, 0.3) is 82.8 Å². The van der Waals surface area contributed by atoms with Crippen LogP contribution in [0.5, 0.6) is 0 Å². The van der Waals surface area contributed by atoms with Gasteiger partial charge in [0.1, 0.15) is 0 Å². The summed E-state index contributed by atoms with van der Waals surface area (Å²) in [6, 6.07) is 61.6. The minimum Gasteiger partial charge on any atom is -0.309 e. The van der Waals surface area contributed by atoms with E-state index in [1.807, 2.05) is 0 Å². The Morgan fingerprint density at radius 2 is 0.833 bits per heavy atom. The topological polar surface area (TPSA) is 4.93 Å². The van der Waals surface area contributed by atoms with Crippen LogP contribution in [0.1, 0.15) is 22.3 Å². The first-order chi connectivity index (χ1) is 23.8. The molecule has 0 bridgehead atoms. The Labute approximate surface area is 278 Å². The molecule has 48 heavy (non-hydrogen) atoms. The fourth-order valence-electron chi connectivity index (χ4n) is 9.80. The van der Waals surface area contributed by atoms with Crippen molar-refractivity contribution in [1.82, 2.24) is 4.57 Å². The summed E-state index contributed by atoms with van der Waals surface area (Å²) in [6.07, 6.45) is 0. The van der Waals surface area contributed by atoms with E-state index >= 15 is 0 Å². The minimum absolute atomic E-state index is 0.357. The normalized spacial score (nSPS) is 14.0. The predicted octanol–water partition coefficient (Wildman–Crippen LogP) is 11.9. The number of nitrogens with zero attached hydrogens (tertiary/aromatic N) is 1. The number of aromatic nitrogens is 1. The standard InChI is InChI=1S/C47H27N/c1-2-13-29-28(12-1)34-18-11-19-36-44(25-24-35(29)46(34)36)48-43-23-10-6-17-33(43)38-26-42-37(27-45(38)48)32-16-5-9-22-41(32)47(42)39-20-7-3-14-30(39)31-15-4-8-21-40(31)47/h1-27H. The van der Waals surface area contributed by atoms with E-state index in [0.717, 1.165) is 0 Å². The molecule has 9 aromatic rings. The Balaban J connectivity index is 1.22. The first-order valence-electron chi connectivity index (χ1n) is 16.9. The zero-order valence-electron chi connectivity index (χ0n) is 26.0. The Kier molecular flexibility index (Phi) is 4.47. The summed E-state index contributed by atoms with van der Waals surface area (Å²) in [4.78, 5) is 0. The van der Waals surface area contributed by atoms with Gasteiger partial charge in [-0.05, 0) is 96.4 Å². The molecule has 1 heteroatoms. The number of rotatable bonds is 1. The summed E-state index contributed by atoms with van der Waals surface area (Å²) >= 11 is 0. The third-order valence-electron chi connectivity index (χ3n) is 11.6. The Hall–Kier alpha value is -6.18. The average Bonchev–Trinajstić information content (AvgIpc) is 3.84. The molecule has 1 nitrogen and oxygen atoms in total. The van der Waals surface area contributed by atoms with Crippen molar-refractivity contribution in [3.8, 4) is 50.2 Å². The van der Waals surface area contributed by atoms with Gasteiger partial charge < -0.3 is 4.57 Å². The average molecular weight is 606 g/mol. The highest BCUT2D eigenvalue weighted by atomic mass is 15.0. The predicted molar refractivity (Wildman–Crippen MR) is 199 cm³/mol. The fraction of sp³-hybridized carbons (Fsp3) is 0.0213. The number of benzene rings is 8. The van der Waals surface area contributed by atoms with Gasteiger partial charge in [-0.25, -0.2) is 0 Å². The maximum absolute atomic E-state index is 2.54. The van der Waals surface area contributed by atoms with E-state index in [-0.39, 0.29) is 5.41 Å². The molecule has 0 atom stereocenters. The lowest BCUT2D eigenvalue weighted by Gasteiger charge is -2.30. The monoisotopic (exact) mass is 605 g/mol. The van der Waals surface area contributed by atoms with Crippen LogP contribution in [0.15, 0.2) is 164 Å². The van der Waals surface area contributed by atoms with Gasteiger partial charge in [-0.2, -0.15) is 0 Å². The van der Waals surface area contributed by atoms with E-state index in [1.54, 1.807) is 0 Å². The van der Waals surface area contributed by atoms with E-state index in [1.165, 1.54) is 105 Å². The van der Waals surface area contributed by atoms with E-state index in [2.05, 4.69) is 168 Å². The van der Waals surface area contributed by atoms with E-state index < -0.39 is 0 Å². The fourth-order valence-corrected chi connectivity index (χ4v) is 9.80. The van der Waals surface area contributed by atoms with Gasteiger partial charge >= 0.3 is 0 Å². The molecular weight excluding hydrogens is 579 g/mol. The number of para-hydroxylation sites is 1. The first kappa shape index (κ1) is 25.0. The molecule has 3 aliphatic rings. The maximum atomic E-state index is 2.54. The van der Waals surface area contributed by atoms with Gasteiger partial charge in [-0.15, -0.1) is 0 Å². The van der Waals surface area contributed by atoms with Crippen molar-refractivity contribution in [2.24, 2.45) is 0 Å².